The fourth-order valence-corrected chi connectivity index (χ4v) is 2.89. The molecule has 0 amide bonds. The van der Waals surface area contributed by atoms with E-state index in [0.29, 0.717) is 5.92 Å². The summed E-state index contributed by atoms with van der Waals surface area (Å²) in [6, 6.07) is 0. The van der Waals surface area contributed by atoms with Crippen LogP contribution in [0.25, 0.3) is 0 Å². The largest absolute Gasteiger partial charge is 0.311 e. The summed E-state index contributed by atoms with van der Waals surface area (Å²) in [6.07, 6.45) is 15.2. The number of hydrogen-bond donors (Lipinski definition) is 1. The summed E-state index contributed by atoms with van der Waals surface area (Å²) in [4.78, 5) is 2.52. The second-order valence-corrected chi connectivity index (χ2v) is 7.23. The van der Waals surface area contributed by atoms with Crippen LogP contribution in [0.2, 0.25) is 0 Å². The maximum Gasteiger partial charge on any atom is 0.0237 e. The van der Waals surface area contributed by atoms with Crippen LogP contribution < -0.4 is 5.32 Å². The van der Waals surface area contributed by atoms with Crippen LogP contribution in [-0.4, -0.2) is 37.6 Å². The maximum absolute atomic E-state index is 3.93. The number of nitrogens with zero attached hydrogens (tertiary/aromatic N) is 1. The van der Waals surface area contributed by atoms with Crippen LogP contribution in [-0.2, 0) is 0 Å². The molecule has 0 aliphatic carbocycles. The highest BCUT2D eigenvalue weighted by Gasteiger charge is 2.10. The molecule has 0 aromatic rings. The topological polar surface area (TPSA) is 15.3 Å². The molecule has 0 aromatic carbocycles. The predicted octanol–water partition coefficient (Wildman–Crippen LogP) is 6.08. The highest BCUT2D eigenvalue weighted by Crippen LogP contribution is 2.13. The van der Waals surface area contributed by atoms with Gasteiger partial charge < -0.3 is 5.32 Å². The van der Waals surface area contributed by atoms with Gasteiger partial charge in [-0.15, -0.1) is 0 Å². The van der Waals surface area contributed by atoms with Crippen LogP contribution in [0.3, 0.4) is 0 Å². The first kappa shape index (κ1) is 25.4. The van der Waals surface area contributed by atoms with Gasteiger partial charge in [-0.3, -0.25) is 4.90 Å². The van der Waals surface area contributed by atoms with Crippen LogP contribution >= 0.6 is 0 Å². The van der Waals surface area contributed by atoms with Crippen molar-refractivity contribution in [2.45, 2.75) is 48.5 Å². The Bertz CT molecular complexity index is 571. The van der Waals surface area contributed by atoms with Gasteiger partial charge in [-0.05, 0) is 57.3 Å². The van der Waals surface area contributed by atoms with E-state index in [1.807, 2.05) is 6.08 Å². The van der Waals surface area contributed by atoms with Gasteiger partial charge in [-0.25, -0.2) is 0 Å². The molecule has 0 radical (unpaired) electrons. The van der Waals surface area contributed by atoms with E-state index in [4.69, 9.17) is 0 Å². The number of rotatable bonds is 13. The van der Waals surface area contributed by atoms with Gasteiger partial charge in [0, 0.05) is 32.7 Å². The molecule has 1 N–H and O–H groups in total. The van der Waals surface area contributed by atoms with E-state index < -0.39 is 0 Å². The monoisotopic (exact) mass is 370 g/mol. The van der Waals surface area contributed by atoms with Crippen LogP contribution in [0, 0.1) is 5.92 Å². The van der Waals surface area contributed by atoms with Crippen molar-refractivity contribution in [3.63, 3.8) is 0 Å². The van der Waals surface area contributed by atoms with E-state index in [9.17, 15) is 0 Å². The molecule has 0 fully saturated rings. The summed E-state index contributed by atoms with van der Waals surface area (Å²) >= 11 is 0. The Morgan fingerprint density at radius 3 is 2.19 bits per heavy atom. The van der Waals surface area contributed by atoms with Crippen molar-refractivity contribution in [3.8, 4) is 0 Å². The van der Waals surface area contributed by atoms with E-state index in [-0.39, 0.29) is 0 Å². The van der Waals surface area contributed by atoms with E-state index in [2.05, 4.69) is 102 Å². The van der Waals surface area contributed by atoms with Crippen LogP contribution in [0.1, 0.15) is 48.5 Å². The van der Waals surface area contributed by atoms with Crippen molar-refractivity contribution in [3.05, 3.63) is 71.4 Å². The standard InChI is InChI=1S/C25H42N2/c1-9-14-23(11-3)19-27(20-25(13-5)22(8)10-2)16-15-26-18-24(12-4)17-21(6)7/h9-14,17,21,26H,4,15-16,18-20H2,1-3,5-8H3/b14-9-,22-10-,23-11+,24-17+,25-13-. The van der Waals surface area contributed by atoms with Crippen molar-refractivity contribution >= 4 is 0 Å². The zero-order valence-corrected chi connectivity index (χ0v) is 18.8. The zero-order chi connectivity index (χ0) is 20.7. The Kier molecular flexibility index (Phi) is 14.5. The Labute approximate surface area is 169 Å². The first-order valence-electron chi connectivity index (χ1n) is 10.2. The molecule has 0 aliphatic heterocycles. The molecule has 152 valence electrons. The smallest absolute Gasteiger partial charge is 0.0237 e. The van der Waals surface area contributed by atoms with E-state index >= 15 is 0 Å². The first-order valence-corrected chi connectivity index (χ1v) is 10.2. The molecule has 0 aliphatic rings. The minimum absolute atomic E-state index is 0.551. The average Bonchev–Trinajstić information content (AvgIpc) is 2.66. The summed E-state index contributed by atoms with van der Waals surface area (Å²) in [5.74, 6) is 0.551. The molecule has 0 aromatic heterocycles. The van der Waals surface area contributed by atoms with Gasteiger partial charge in [-0.2, -0.15) is 0 Å². The van der Waals surface area contributed by atoms with Crippen LogP contribution in [0.4, 0.5) is 0 Å². The van der Waals surface area contributed by atoms with Crippen molar-refractivity contribution in [1.82, 2.24) is 10.2 Å². The van der Waals surface area contributed by atoms with Crippen LogP contribution in [0.15, 0.2) is 71.4 Å². The Balaban J connectivity index is 4.96. The average molecular weight is 371 g/mol. The Morgan fingerprint density at radius 2 is 1.70 bits per heavy atom. The molecular weight excluding hydrogens is 328 g/mol. The van der Waals surface area contributed by atoms with Gasteiger partial charge in [0.2, 0.25) is 0 Å². The molecule has 0 atom stereocenters. The Hall–Kier alpha value is -1.64. The lowest BCUT2D eigenvalue weighted by Crippen LogP contribution is -2.35. The zero-order valence-electron chi connectivity index (χ0n) is 18.8. The summed E-state index contributed by atoms with van der Waals surface area (Å²) in [5.41, 5.74) is 5.40. The highest BCUT2D eigenvalue weighted by atomic mass is 15.1. The fourth-order valence-electron chi connectivity index (χ4n) is 2.89. The van der Waals surface area contributed by atoms with E-state index in [1.54, 1.807) is 0 Å². The molecule has 0 spiro atoms. The van der Waals surface area contributed by atoms with Crippen molar-refractivity contribution in [2.75, 3.05) is 32.7 Å². The van der Waals surface area contributed by atoms with Gasteiger partial charge in [0.05, 0.1) is 0 Å². The third kappa shape index (κ3) is 11.6. The lowest BCUT2D eigenvalue weighted by atomic mass is 10.1. The maximum atomic E-state index is 3.93. The van der Waals surface area contributed by atoms with Crippen LogP contribution in [0.5, 0.6) is 0 Å². The lowest BCUT2D eigenvalue weighted by Gasteiger charge is -2.25. The normalized spacial score (nSPS) is 14.7. The van der Waals surface area contributed by atoms with Gasteiger partial charge in [-0.1, -0.05) is 68.5 Å². The van der Waals surface area contributed by atoms with E-state index in [0.717, 1.165) is 32.7 Å². The first-order chi connectivity index (χ1) is 12.9. The molecule has 2 heteroatoms. The number of nitrogens with one attached hydrogen (secondary N) is 1. The van der Waals surface area contributed by atoms with Gasteiger partial charge in [0.25, 0.3) is 0 Å². The molecule has 27 heavy (non-hydrogen) atoms. The molecule has 2 nitrogen and oxygen atoms in total. The molecule has 0 saturated carbocycles. The van der Waals surface area contributed by atoms with Gasteiger partial charge in [0.15, 0.2) is 0 Å². The molecule has 0 saturated heterocycles. The quantitative estimate of drug-likeness (QED) is 0.312. The summed E-state index contributed by atoms with van der Waals surface area (Å²) in [7, 11) is 0. The van der Waals surface area contributed by atoms with Crippen molar-refractivity contribution < 1.29 is 0 Å². The molecular formula is C25H42N2. The summed E-state index contributed by atoms with van der Waals surface area (Å²) < 4.78 is 0. The lowest BCUT2D eigenvalue weighted by molar-refractivity contribution is 0.323. The van der Waals surface area contributed by atoms with E-state index in [1.165, 1.54) is 22.3 Å². The third-order valence-electron chi connectivity index (χ3n) is 4.58. The molecule has 0 unspecified atom stereocenters. The minimum atomic E-state index is 0.551. The molecule has 0 bridgehead atoms. The number of hydrogen-bond acceptors (Lipinski definition) is 2. The van der Waals surface area contributed by atoms with Crippen molar-refractivity contribution in [1.29, 1.82) is 0 Å². The fraction of sp³-hybridized carbons (Fsp3) is 0.520. The third-order valence-corrected chi connectivity index (χ3v) is 4.58. The predicted molar refractivity (Wildman–Crippen MR) is 124 cm³/mol. The number of allylic oxidation sites excluding steroid dienone is 5. The van der Waals surface area contributed by atoms with Crippen molar-refractivity contribution in [2.24, 2.45) is 5.92 Å². The van der Waals surface area contributed by atoms with Gasteiger partial charge >= 0.3 is 0 Å². The minimum Gasteiger partial charge on any atom is -0.311 e. The second-order valence-electron chi connectivity index (χ2n) is 7.23. The SMILES string of the molecule is C=C/C(=C\C(C)C)CNCCN(CC(/C=C\C)=C/C)CC(=C/C)/C(C)=C\C. The summed E-state index contributed by atoms with van der Waals surface area (Å²) in [6.45, 7) is 23.8. The second kappa shape index (κ2) is 15.4. The highest BCUT2D eigenvalue weighted by molar-refractivity contribution is 5.30. The Morgan fingerprint density at radius 1 is 1.00 bits per heavy atom. The van der Waals surface area contributed by atoms with Gasteiger partial charge in [0.1, 0.15) is 0 Å². The summed E-state index contributed by atoms with van der Waals surface area (Å²) in [5, 5.41) is 3.58. The molecule has 0 rings (SSSR count). The molecule has 0 heterocycles.